The molecule has 2 fully saturated rings. The standard InChI is InChI=1S/C22H31N5O5S2/c1-2-32-21(30)20(26-18(29)11-23)34-14-9-7-13(8-10-14)24-17(28)6-4-3-5-16-19-15(12-33-16)25-22(31)27-19/h7-10,15-16,19-20H,2-6,11-12,23H2,1H3,(H,24,28)(H,26,29)(H2,25,27,31). The maximum atomic E-state index is 12.3. The highest BCUT2D eigenvalue weighted by atomic mass is 32.2. The van der Waals surface area contributed by atoms with Gasteiger partial charge < -0.3 is 31.7 Å². The summed E-state index contributed by atoms with van der Waals surface area (Å²) in [6, 6.07) is 7.35. The lowest BCUT2D eigenvalue weighted by Gasteiger charge is -2.17. The number of carbonyl (C=O) groups excluding carboxylic acids is 4. The quantitative estimate of drug-likeness (QED) is 0.0932. The Morgan fingerprint density at radius 3 is 2.68 bits per heavy atom. The molecular weight excluding hydrogens is 478 g/mol. The summed E-state index contributed by atoms with van der Waals surface area (Å²) in [6.45, 7) is 1.67. The summed E-state index contributed by atoms with van der Waals surface area (Å²) in [5.41, 5.74) is 5.98. The number of nitrogens with one attached hydrogen (secondary N) is 4. The molecule has 0 radical (unpaired) electrons. The minimum absolute atomic E-state index is 0.0622. The van der Waals surface area contributed by atoms with Crippen LogP contribution in [0.1, 0.15) is 32.6 Å². The van der Waals surface area contributed by atoms with Crippen LogP contribution in [0.4, 0.5) is 10.5 Å². The molecule has 186 valence electrons. The van der Waals surface area contributed by atoms with Crippen molar-refractivity contribution in [3.05, 3.63) is 24.3 Å². The highest BCUT2D eigenvalue weighted by Crippen LogP contribution is 2.33. The number of benzene rings is 1. The molecule has 3 rings (SSSR count). The van der Waals surface area contributed by atoms with Crippen molar-refractivity contribution in [1.82, 2.24) is 16.0 Å². The van der Waals surface area contributed by atoms with E-state index in [1.165, 1.54) is 0 Å². The number of esters is 1. The number of amides is 4. The summed E-state index contributed by atoms with van der Waals surface area (Å²) >= 11 is 3.01. The molecule has 4 amide bonds. The van der Waals surface area contributed by atoms with Crippen molar-refractivity contribution in [3.8, 4) is 0 Å². The van der Waals surface area contributed by atoms with Crippen molar-refractivity contribution in [3.63, 3.8) is 0 Å². The lowest BCUT2D eigenvalue weighted by Crippen LogP contribution is -2.42. The lowest BCUT2D eigenvalue weighted by molar-refractivity contribution is -0.144. The van der Waals surface area contributed by atoms with Crippen LogP contribution in [0.25, 0.3) is 0 Å². The fourth-order valence-corrected chi connectivity index (χ4v) is 6.27. The van der Waals surface area contributed by atoms with E-state index in [0.29, 0.717) is 17.4 Å². The average molecular weight is 510 g/mol. The number of fused-ring (bicyclic) bond motifs is 1. The van der Waals surface area contributed by atoms with Crippen LogP contribution in [0.15, 0.2) is 29.2 Å². The summed E-state index contributed by atoms with van der Waals surface area (Å²) in [4.78, 5) is 48.2. The lowest BCUT2D eigenvalue weighted by atomic mass is 10.0. The van der Waals surface area contributed by atoms with Gasteiger partial charge in [0, 0.05) is 28.0 Å². The topological polar surface area (TPSA) is 152 Å². The Bertz CT molecular complexity index is 885. The average Bonchev–Trinajstić information content (AvgIpc) is 3.36. The second-order valence-electron chi connectivity index (χ2n) is 7.96. The smallest absolute Gasteiger partial charge is 0.339 e. The van der Waals surface area contributed by atoms with Gasteiger partial charge in [-0.1, -0.05) is 18.2 Å². The molecule has 4 atom stereocenters. The van der Waals surface area contributed by atoms with Crippen LogP contribution >= 0.6 is 23.5 Å². The first-order valence-corrected chi connectivity index (χ1v) is 13.2. The Hall–Kier alpha value is -2.44. The summed E-state index contributed by atoms with van der Waals surface area (Å²) in [5, 5.41) is 10.8. The van der Waals surface area contributed by atoms with Gasteiger partial charge in [0.25, 0.3) is 0 Å². The third kappa shape index (κ3) is 7.54. The zero-order valence-corrected chi connectivity index (χ0v) is 20.6. The Labute approximate surface area is 207 Å². The number of anilines is 1. The minimum atomic E-state index is -0.905. The van der Waals surface area contributed by atoms with Crippen molar-refractivity contribution in [2.24, 2.45) is 5.73 Å². The van der Waals surface area contributed by atoms with Gasteiger partial charge in [0.2, 0.25) is 11.8 Å². The minimum Gasteiger partial charge on any atom is -0.464 e. The number of thioether (sulfide) groups is 2. The third-order valence-corrected chi connectivity index (χ3v) is 8.05. The number of ether oxygens (including phenoxy) is 1. The molecule has 4 unspecified atom stereocenters. The molecule has 0 bridgehead atoms. The number of hydrogen-bond acceptors (Lipinski definition) is 8. The summed E-state index contributed by atoms with van der Waals surface area (Å²) in [5.74, 6) is -0.133. The Kier molecular flexibility index (Phi) is 9.90. The second-order valence-corrected chi connectivity index (χ2v) is 10.4. The van der Waals surface area contributed by atoms with Gasteiger partial charge in [0.05, 0.1) is 25.2 Å². The van der Waals surface area contributed by atoms with Gasteiger partial charge in [0.15, 0.2) is 5.37 Å². The maximum absolute atomic E-state index is 12.3. The van der Waals surface area contributed by atoms with Crippen LogP contribution in [-0.4, -0.2) is 65.4 Å². The van der Waals surface area contributed by atoms with Gasteiger partial charge in [-0.2, -0.15) is 11.8 Å². The van der Waals surface area contributed by atoms with E-state index in [9.17, 15) is 19.2 Å². The van der Waals surface area contributed by atoms with Gasteiger partial charge in [-0.05, 0) is 44.0 Å². The molecule has 0 spiro atoms. The van der Waals surface area contributed by atoms with E-state index in [-0.39, 0.29) is 37.2 Å². The Morgan fingerprint density at radius 2 is 1.97 bits per heavy atom. The molecular formula is C22H31N5O5S2. The molecule has 2 heterocycles. The van der Waals surface area contributed by atoms with E-state index in [4.69, 9.17) is 10.5 Å². The van der Waals surface area contributed by atoms with Crippen LogP contribution in [-0.2, 0) is 19.1 Å². The normalized spacial score (nSPS) is 21.7. The Morgan fingerprint density at radius 1 is 1.21 bits per heavy atom. The number of carbonyl (C=O) groups is 4. The molecule has 12 heteroatoms. The first-order chi connectivity index (χ1) is 16.4. The van der Waals surface area contributed by atoms with Crippen LogP contribution in [0.5, 0.6) is 0 Å². The number of urea groups is 1. The van der Waals surface area contributed by atoms with Gasteiger partial charge in [-0.25, -0.2) is 9.59 Å². The molecule has 0 saturated carbocycles. The molecule has 6 N–H and O–H groups in total. The SMILES string of the molecule is CCOC(=O)C(NC(=O)CN)Sc1ccc(NC(=O)CCCCC2SCC3NC(=O)NC32)cc1. The number of hydrogen-bond donors (Lipinski definition) is 5. The van der Waals surface area contributed by atoms with Crippen molar-refractivity contribution in [2.45, 2.75) is 60.2 Å². The van der Waals surface area contributed by atoms with E-state index in [0.717, 1.165) is 41.7 Å². The first-order valence-electron chi connectivity index (χ1n) is 11.3. The molecule has 2 saturated heterocycles. The molecule has 1 aromatic carbocycles. The molecule has 1 aromatic rings. The molecule has 0 aliphatic carbocycles. The van der Waals surface area contributed by atoms with Crippen molar-refractivity contribution >= 4 is 53.0 Å². The molecule has 2 aliphatic rings. The molecule has 0 aromatic heterocycles. The second kappa shape index (κ2) is 12.9. The number of unbranched alkanes of at least 4 members (excludes halogenated alkanes) is 1. The van der Waals surface area contributed by atoms with E-state index >= 15 is 0 Å². The molecule has 10 nitrogen and oxygen atoms in total. The predicted molar refractivity (Wildman–Crippen MR) is 133 cm³/mol. The van der Waals surface area contributed by atoms with Gasteiger partial charge >= 0.3 is 12.0 Å². The van der Waals surface area contributed by atoms with Crippen LogP contribution < -0.4 is 27.0 Å². The zero-order valence-electron chi connectivity index (χ0n) is 19.0. The fourth-order valence-electron chi connectivity index (χ4n) is 3.81. The van der Waals surface area contributed by atoms with Crippen LogP contribution in [0, 0.1) is 0 Å². The zero-order chi connectivity index (χ0) is 24.5. The van der Waals surface area contributed by atoms with Gasteiger partial charge in [-0.3, -0.25) is 9.59 Å². The van der Waals surface area contributed by atoms with Crippen molar-refractivity contribution < 1.29 is 23.9 Å². The number of rotatable bonds is 12. The monoisotopic (exact) mass is 509 g/mol. The highest BCUT2D eigenvalue weighted by molar-refractivity contribution is 8.00. The predicted octanol–water partition coefficient (Wildman–Crippen LogP) is 1.41. The molecule has 2 aliphatic heterocycles. The first kappa shape index (κ1) is 26.2. The summed E-state index contributed by atoms with van der Waals surface area (Å²) < 4.78 is 5.01. The van der Waals surface area contributed by atoms with Crippen molar-refractivity contribution in [1.29, 1.82) is 0 Å². The third-order valence-electron chi connectivity index (χ3n) is 5.45. The highest BCUT2D eigenvalue weighted by Gasteiger charge is 2.42. The Balaban J connectivity index is 1.40. The van der Waals surface area contributed by atoms with E-state index in [1.54, 1.807) is 31.2 Å². The van der Waals surface area contributed by atoms with E-state index in [2.05, 4.69) is 21.3 Å². The van der Waals surface area contributed by atoms with Gasteiger partial charge in [0.1, 0.15) is 0 Å². The summed E-state index contributed by atoms with van der Waals surface area (Å²) in [7, 11) is 0. The van der Waals surface area contributed by atoms with Crippen LogP contribution in [0.3, 0.4) is 0 Å². The van der Waals surface area contributed by atoms with Gasteiger partial charge in [-0.15, -0.1) is 0 Å². The fraction of sp³-hybridized carbons (Fsp3) is 0.545. The van der Waals surface area contributed by atoms with E-state index in [1.807, 2.05) is 11.8 Å². The molecule has 34 heavy (non-hydrogen) atoms. The summed E-state index contributed by atoms with van der Waals surface area (Å²) in [6.07, 6.45) is 3.08. The van der Waals surface area contributed by atoms with Crippen LogP contribution in [0.2, 0.25) is 0 Å². The number of nitrogens with two attached hydrogens (primary N) is 1. The van der Waals surface area contributed by atoms with Crippen molar-refractivity contribution in [2.75, 3.05) is 24.2 Å². The largest absolute Gasteiger partial charge is 0.464 e. The maximum Gasteiger partial charge on any atom is 0.339 e. The van der Waals surface area contributed by atoms with E-state index < -0.39 is 17.3 Å².